The van der Waals surface area contributed by atoms with E-state index in [1.807, 2.05) is 5.32 Å². The first kappa shape index (κ1) is 12.9. The Balaban J connectivity index is 2.86. The van der Waals surface area contributed by atoms with Gasteiger partial charge in [-0.05, 0) is 12.1 Å². The number of aliphatic hydroxyl groups excluding tert-OH is 1. The number of carbonyl (C=O) groups excluding carboxylic acids is 1. The maximum atomic E-state index is 13.2. The molecular weight excluding hydrogens is 233 g/mol. The number of benzene rings is 1. The maximum absolute atomic E-state index is 13.2. The Morgan fingerprint density at radius 2 is 2.06 bits per heavy atom. The van der Waals surface area contributed by atoms with Gasteiger partial charge in [0.15, 0.2) is 6.04 Å². The highest BCUT2D eigenvalue weighted by atomic mass is 19.1. The molecule has 6 nitrogen and oxygen atoms in total. The zero-order chi connectivity index (χ0) is 13.0. The fourth-order valence-corrected chi connectivity index (χ4v) is 1.11. The molecule has 92 valence electrons. The fourth-order valence-electron chi connectivity index (χ4n) is 1.11. The third-order valence-electron chi connectivity index (χ3n) is 1.98. The SMILES string of the molecule is O=C(NC(CO)C(=O)O)c1ccc(O)cc1F. The largest absolute Gasteiger partial charge is 0.508 e. The fraction of sp³-hybridized carbons (Fsp3) is 0.200. The van der Waals surface area contributed by atoms with Gasteiger partial charge in [0.2, 0.25) is 0 Å². The molecule has 1 aromatic carbocycles. The summed E-state index contributed by atoms with van der Waals surface area (Å²) in [6, 6.07) is 1.32. The molecular formula is C10H10FNO5. The number of carboxylic acid groups (broad SMARTS) is 1. The van der Waals surface area contributed by atoms with Crippen molar-refractivity contribution < 1.29 is 29.3 Å². The van der Waals surface area contributed by atoms with Gasteiger partial charge in [-0.15, -0.1) is 0 Å². The number of aliphatic hydroxyl groups is 1. The lowest BCUT2D eigenvalue weighted by atomic mass is 10.1. The van der Waals surface area contributed by atoms with Gasteiger partial charge < -0.3 is 20.6 Å². The molecule has 0 saturated heterocycles. The van der Waals surface area contributed by atoms with Gasteiger partial charge in [-0.3, -0.25) is 4.79 Å². The number of hydrogen-bond acceptors (Lipinski definition) is 4. The predicted octanol–water partition coefficient (Wildman–Crippen LogP) is -0.293. The Morgan fingerprint density at radius 1 is 1.41 bits per heavy atom. The van der Waals surface area contributed by atoms with E-state index in [0.29, 0.717) is 0 Å². The first-order chi connectivity index (χ1) is 7.95. The molecule has 0 spiro atoms. The second kappa shape index (κ2) is 5.26. The molecule has 7 heteroatoms. The molecule has 0 radical (unpaired) electrons. The molecule has 0 aliphatic heterocycles. The Morgan fingerprint density at radius 3 is 2.53 bits per heavy atom. The van der Waals surface area contributed by atoms with Crippen molar-refractivity contribution in [2.75, 3.05) is 6.61 Å². The van der Waals surface area contributed by atoms with Gasteiger partial charge in [-0.1, -0.05) is 0 Å². The minimum atomic E-state index is -1.50. The van der Waals surface area contributed by atoms with Gasteiger partial charge in [0.25, 0.3) is 5.91 Å². The van der Waals surface area contributed by atoms with Crippen molar-refractivity contribution in [1.82, 2.24) is 5.32 Å². The topological polar surface area (TPSA) is 107 Å². The molecule has 0 aliphatic carbocycles. The summed E-state index contributed by atoms with van der Waals surface area (Å²) in [4.78, 5) is 22.0. The van der Waals surface area contributed by atoms with Crippen LogP contribution >= 0.6 is 0 Å². The van der Waals surface area contributed by atoms with Crippen LogP contribution in [-0.2, 0) is 4.79 Å². The molecule has 1 amide bonds. The number of hydrogen-bond donors (Lipinski definition) is 4. The van der Waals surface area contributed by atoms with Gasteiger partial charge >= 0.3 is 5.97 Å². The van der Waals surface area contributed by atoms with E-state index in [1.54, 1.807) is 0 Å². The minimum Gasteiger partial charge on any atom is -0.508 e. The Labute approximate surface area is 95.3 Å². The molecule has 17 heavy (non-hydrogen) atoms. The average Bonchev–Trinajstić information content (AvgIpc) is 2.24. The zero-order valence-corrected chi connectivity index (χ0v) is 8.55. The number of halogens is 1. The molecule has 0 heterocycles. The molecule has 4 N–H and O–H groups in total. The van der Waals surface area contributed by atoms with Gasteiger partial charge in [0, 0.05) is 6.07 Å². The standard InChI is InChI=1S/C10H10FNO5/c11-7-3-5(14)1-2-6(7)9(15)12-8(4-13)10(16)17/h1-3,8,13-14H,4H2,(H,12,15)(H,16,17). The number of aliphatic carboxylic acids is 1. The predicted molar refractivity (Wildman–Crippen MR) is 54.0 cm³/mol. The average molecular weight is 243 g/mol. The van der Waals surface area contributed by atoms with Gasteiger partial charge in [0.1, 0.15) is 11.6 Å². The molecule has 0 aliphatic rings. The van der Waals surface area contributed by atoms with Crippen molar-refractivity contribution in [2.24, 2.45) is 0 Å². The molecule has 1 unspecified atom stereocenters. The summed E-state index contributed by atoms with van der Waals surface area (Å²) in [5.41, 5.74) is -0.414. The van der Waals surface area contributed by atoms with Crippen LogP contribution in [0.4, 0.5) is 4.39 Å². The van der Waals surface area contributed by atoms with E-state index < -0.39 is 35.9 Å². The van der Waals surface area contributed by atoms with Crippen LogP contribution in [0.25, 0.3) is 0 Å². The van der Waals surface area contributed by atoms with Crippen LogP contribution in [0, 0.1) is 5.82 Å². The van der Waals surface area contributed by atoms with Crippen molar-refractivity contribution in [3.8, 4) is 5.75 Å². The summed E-state index contributed by atoms with van der Waals surface area (Å²) < 4.78 is 13.2. The van der Waals surface area contributed by atoms with Crippen LogP contribution in [0.15, 0.2) is 18.2 Å². The lowest BCUT2D eigenvalue weighted by Crippen LogP contribution is -2.43. The summed E-state index contributed by atoms with van der Waals surface area (Å²) in [6.07, 6.45) is 0. The van der Waals surface area contributed by atoms with Crippen LogP contribution < -0.4 is 5.32 Å². The van der Waals surface area contributed by atoms with Crippen LogP contribution in [0.5, 0.6) is 5.75 Å². The molecule has 1 atom stereocenters. The van der Waals surface area contributed by atoms with Crippen LogP contribution in [-0.4, -0.2) is 39.8 Å². The molecule has 0 saturated carbocycles. The monoisotopic (exact) mass is 243 g/mol. The van der Waals surface area contributed by atoms with Crippen molar-refractivity contribution in [1.29, 1.82) is 0 Å². The molecule has 1 rings (SSSR count). The summed E-state index contributed by atoms with van der Waals surface area (Å²) in [7, 11) is 0. The van der Waals surface area contributed by atoms with E-state index in [4.69, 9.17) is 15.3 Å². The van der Waals surface area contributed by atoms with E-state index in [-0.39, 0.29) is 5.75 Å². The van der Waals surface area contributed by atoms with E-state index >= 15 is 0 Å². The third-order valence-corrected chi connectivity index (χ3v) is 1.98. The van der Waals surface area contributed by atoms with E-state index in [9.17, 15) is 14.0 Å². The van der Waals surface area contributed by atoms with Gasteiger partial charge in [-0.2, -0.15) is 0 Å². The highest BCUT2D eigenvalue weighted by molar-refractivity contribution is 5.96. The summed E-state index contributed by atoms with van der Waals surface area (Å²) in [5, 5.41) is 28.1. The number of phenols is 1. The summed E-state index contributed by atoms with van der Waals surface area (Å²) in [6.45, 7) is -0.805. The number of nitrogens with one attached hydrogen (secondary N) is 1. The van der Waals surface area contributed by atoms with Crippen LogP contribution in [0.1, 0.15) is 10.4 Å². The highest BCUT2D eigenvalue weighted by Crippen LogP contribution is 2.14. The van der Waals surface area contributed by atoms with E-state index in [0.717, 1.165) is 18.2 Å². The van der Waals surface area contributed by atoms with Crippen LogP contribution in [0.3, 0.4) is 0 Å². The second-order valence-electron chi connectivity index (χ2n) is 3.21. The van der Waals surface area contributed by atoms with Crippen LogP contribution in [0.2, 0.25) is 0 Å². The van der Waals surface area contributed by atoms with E-state index in [1.165, 1.54) is 0 Å². The lowest BCUT2D eigenvalue weighted by Gasteiger charge is -2.11. The molecule has 0 bridgehead atoms. The quantitative estimate of drug-likeness (QED) is 0.581. The van der Waals surface area contributed by atoms with Crippen molar-refractivity contribution in [3.63, 3.8) is 0 Å². The second-order valence-corrected chi connectivity index (χ2v) is 3.21. The Kier molecular flexibility index (Phi) is 4.00. The zero-order valence-electron chi connectivity index (χ0n) is 8.55. The first-order valence-corrected chi connectivity index (χ1v) is 4.58. The third kappa shape index (κ3) is 3.15. The number of amides is 1. The van der Waals surface area contributed by atoms with Gasteiger partial charge in [0.05, 0.1) is 12.2 Å². The normalized spacial score (nSPS) is 11.9. The number of aromatic hydroxyl groups is 1. The van der Waals surface area contributed by atoms with Crippen molar-refractivity contribution in [3.05, 3.63) is 29.6 Å². The highest BCUT2D eigenvalue weighted by Gasteiger charge is 2.21. The van der Waals surface area contributed by atoms with E-state index in [2.05, 4.69) is 0 Å². The van der Waals surface area contributed by atoms with Gasteiger partial charge in [-0.25, -0.2) is 9.18 Å². The van der Waals surface area contributed by atoms with Crippen molar-refractivity contribution in [2.45, 2.75) is 6.04 Å². The van der Waals surface area contributed by atoms with Crippen molar-refractivity contribution >= 4 is 11.9 Å². The maximum Gasteiger partial charge on any atom is 0.328 e. The molecule has 0 aromatic heterocycles. The Hall–Kier alpha value is -2.15. The number of carboxylic acids is 1. The number of phenolic OH excluding ortho intramolecular Hbond substituents is 1. The molecule has 0 fully saturated rings. The Bertz CT molecular complexity index is 448. The number of rotatable bonds is 4. The summed E-state index contributed by atoms with van der Waals surface area (Å²) >= 11 is 0. The number of carbonyl (C=O) groups is 2. The molecule has 1 aromatic rings. The summed E-state index contributed by atoms with van der Waals surface area (Å²) in [5.74, 6) is -3.75. The lowest BCUT2D eigenvalue weighted by molar-refractivity contribution is -0.140. The smallest absolute Gasteiger partial charge is 0.328 e. The minimum absolute atomic E-state index is 0.351. The first-order valence-electron chi connectivity index (χ1n) is 4.58.